The van der Waals surface area contributed by atoms with Crippen molar-refractivity contribution in [2.75, 3.05) is 0 Å². The molecule has 124 valence electrons. The summed E-state index contributed by atoms with van der Waals surface area (Å²) in [5, 5.41) is 9.68. The van der Waals surface area contributed by atoms with Crippen LogP contribution in [0.1, 0.15) is 61.0 Å². The summed E-state index contributed by atoms with van der Waals surface area (Å²) >= 11 is 0. The van der Waals surface area contributed by atoms with Crippen LogP contribution in [0, 0.1) is 0 Å². The summed E-state index contributed by atoms with van der Waals surface area (Å²) in [5.74, 6) is -0.543. The highest BCUT2D eigenvalue weighted by Crippen LogP contribution is 2.28. The Morgan fingerprint density at radius 3 is 2.42 bits per heavy atom. The zero-order valence-corrected chi connectivity index (χ0v) is 14.2. The molecule has 0 radical (unpaired) electrons. The van der Waals surface area contributed by atoms with Crippen molar-refractivity contribution in [1.29, 1.82) is 0 Å². The maximum Gasteiger partial charge on any atom is 0.337 e. The number of pyridine rings is 1. The quantitative estimate of drug-likeness (QED) is 0.744. The highest BCUT2D eigenvalue weighted by Gasteiger charge is 2.15. The fraction of sp³-hybridized carbons (Fsp3) is 0.316. The fourth-order valence-corrected chi connectivity index (χ4v) is 2.86. The van der Waals surface area contributed by atoms with Crippen molar-refractivity contribution in [3.8, 4) is 0 Å². The Balaban J connectivity index is 2.47. The number of carboxylic acid groups (broad SMARTS) is 1. The standard InChI is InChI=1S/C19H20N2O3/c1-10(2)13-7-14(11(3)4)17-15(8-13)18(22)21-9-12(19(23)24)5-6-16(21)20-17/h5-11H,1-4H3,(H,23,24). The van der Waals surface area contributed by atoms with Crippen LogP contribution >= 0.6 is 0 Å². The Hall–Kier alpha value is -2.69. The van der Waals surface area contributed by atoms with Gasteiger partial charge in [0, 0.05) is 6.20 Å². The van der Waals surface area contributed by atoms with E-state index in [0.717, 1.165) is 11.1 Å². The van der Waals surface area contributed by atoms with Crippen molar-refractivity contribution in [1.82, 2.24) is 9.38 Å². The van der Waals surface area contributed by atoms with E-state index in [9.17, 15) is 9.59 Å². The van der Waals surface area contributed by atoms with Crippen molar-refractivity contribution in [3.05, 3.63) is 57.5 Å². The first-order valence-corrected chi connectivity index (χ1v) is 8.03. The average molecular weight is 324 g/mol. The summed E-state index contributed by atoms with van der Waals surface area (Å²) in [6, 6.07) is 7.03. The highest BCUT2D eigenvalue weighted by atomic mass is 16.4. The van der Waals surface area contributed by atoms with E-state index in [4.69, 9.17) is 5.11 Å². The van der Waals surface area contributed by atoms with Crippen molar-refractivity contribution in [3.63, 3.8) is 0 Å². The van der Waals surface area contributed by atoms with Gasteiger partial charge in [-0.25, -0.2) is 9.78 Å². The van der Waals surface area contributed by atoms with Gasteiger partial charge in [-0.3, -0.25) is 9.20 Å². The van der Waals surface area contributed by atoms with E-state index in [2.05, 4.69) is 38.7 Å². The predicted octanol–water partition coefficient (Wildman–Crippen LogP) is 3.79. The van der Waals surface area contributed by atoms with Gasteiger partial charge < -0.3 is 5.11 Å². The molecule has 0 amide bonds. The van der Waals surface area contributed by atoms with Gasteiger partial charge in [0.1, 0.15) is 5.65 Å². The van der Waals surface area contributed by atoms with Crippen molar-refractivity contribution >= 4 is 22.5 Å². The number of carbonyl (C=O) groups is 1. The molecular weight excluding hydrogens is 304 g/mol. The van der Waals surface area contributed by atoms with Gasteiger partial charge in [0.05, 0.1) is 16.5 Å². The zero-order valence-electron chi connectivity index (χ0n) is 14.2. The van der Waals surface area contributed by atoms with Crippen LogP contribution < -0.4 is 5.56 Å². The molecule has 0 aliphatic rings. The zero-order chi connectivity index (χ0) is 17.6. The van der Waals surface area contributed by atoms with Crippen LogP contribution in [-0.2, 0) is 0 Å². The van der Waals surface area contributed by atoms with Crippen LogP contribution in [0.25, 0.3) is 16.6 Å². The Morgan fingerprint density at radius 1 is 1.12 bits per heavy atom. The fourth-order valence-electron chi connectivity index (χ4n) is 2.86. The Bertz CT molecular complexity index is 1020. The SMILES string of the molecule is CC(C)c1cc(C(C)C)c2nc3ccc(C(=O)O)cn3c(=O)c2c1. The topological polar surface area (TPSA) is 71.7 Å². The van der Waals surface area contributed by atoms with E-state index in [1.165, 1.54) is 16.7 Å². The third-order valence-electron chi connectivity index (χ3n) is 4.30. The molecule has 0 bridgehead atoms. The molecule has 0 aliphatic heterocycles. The minimum Gasteiger partial charge on any atom is -0.478 e. The van der Waals surface area contributed by atoms with Crippen molar-refractivity contribution in [2.24, 2.45) is 0 Å². The molecular formula is C19H20N2O3. The second kappa shape index (κ2) is 5.74. The van der Waals surface area contributed by atoms with Gasteiger partial charge in [-0.2, -0.15) is 0 Å². The van der Waals surface area contributed by atoms with Crippen LogP contribution in [0.15, 0.2) is 35.3 Å². The molecule has 0 unspecified atom stereocenters. The van der Waals surface area contributed by atoms with Gasteiger partial charge in [-0.15, -0.1) is 0 Å². The molecule has 5 nitrogen and oxygen atoms in total. The molecule has 0 saturated heterocycles. The maximum absolute atomic E-state index is 12.9. The summed E-state index contributed by atoms with van der Waals surface area (Å²) in [6.07, 6.45) is 1.34. The average Bonchev–Trinajstić information content (AvgIpc) is 2.53. The van der Waals surface area contributed by atoms with Gasteiger partial charge in [0.25, 0.3) is 5.56 Å². The first-order valence-electron chi connectivity index (χ1n) is 8.03. The highest BCUT2D eigenvalue weighted by molar-refractivity contribution is 5.88. The molecule has 0 atom stereocenters. The second-order valence-electron chi connectivity index (χ2n) is 6.68. The third kappa shape index (κ3) is 2.56. The smallest absolute Gasteiger partial charge is 0.337 e. The molecule has 5 heteroatoms. The molecule has 1 aromatic carbocycles. The monoisotopic (exact) mass is 324 g/mol. The molecule has 3 aromatic rings. The van der Waals surface area contributed by atoms with Gasteiger partial charge >= 0.3 is 5.97 Å². The van der Waals surface area contributed by atoms with Crippen molar-refractivity contribution in [2.45, 2.75) is 39.5 Å². The Morgan fingerprint density at radius 2 is 1.83 bits per heavy atom. The van der Waals surface area contributed by atoms with E-state index < -0.39 is 5.97 Å². The first kappa shape index (κ1) is 16.2. The third-order valence-corrected chi connectivity index (χ3v) is 4.30. The summed E-state index contributed by atoms with van der Waals surface area (Å²) in [7, 11) is 0. The van der Waals surface area contributed by atoms with Crippen LogP contribution in [0.2, 0.25) is 0 Å². The summed E-state index contributed by atoms with van der Waals surface area (Å²) in [6.45, 7) is 8.33. The molecule has 0 saturated carbocycles. The van der Waals surface area contributed by atoms with E-state index >= 15 is 0 Å². The van der Waals surface area contributed by atoms with Crippen LogP contribution in [0.3, 0.4) is 0 Å². The number of benzene rings is 1. The number of aromatic carboxylic acids is 1. The summed E-state index contributed by atoms with van der Waals surface area (Å²) < 4.78 is 1.32. The van der Waals surface area contributed by atoms with Gasteiger partial charge in [-0.05, 0) is 41.2 Å². The molecule has 3 rings (SSSR count). The van der Waals surface area contributed by atoms with Crippen LogP contribution in [-0.4, -0.2) is 20.5 Å². The molecule has 0 fully saturated rings. The number of carboxylic acids is 1. The van der Waals surface area contributed by atoms with E-state index in [1.807, 2.05) is 6.07 Å². The number of rotatable bonds is 3. The number of hydrogen-bond donors (Lipinski definition) is 1. The van der Waals surface area contributed by atoms with Crippen molar-refractivity contribution < 1.29 is 9.90 Å². The van der Waals surface area contributed by atoms with Gasteiger partial charge in [0.2, 0.25) is 0 Å². The molecule has 1 N–H and O–H groups in total. The van der Waals surface area contributed by atoms with Gasteiger partial charge in [0.15, 0.2) is 0 Å². The second-order valence-corrected chi connectivity index (χ2v) is 6.68. The molecule has 2 heterocycles. The molecule has 0 aliphatic carbocycles. The lowest BCUT2D eigenvalue weighted by Gasteiger charge is -2.15. The molecule has 0 spiro atoms. The minimum atomic E-state index is -1.07. The van der Waals surface area contributed by atoms with E-state index in [1.54, 1.807) is 6.07 Å². The number of nitrogens with zero attached hydrogens (tertiary/aromatic N) is 2. The maximum atomic E-state index is 12.9. The molecule has 24 heavy (non-hydrogen) atoms. The summed E-state index contributed by atoms with van der Waals surface area (Å²) in [5.41, 5.74) is 3.11. The van der Waals surface area contributed by atoms with Gasteiger partial charge in [-0.1, -0.05) is 33.8 Å². The van der Waals surface area contributed by atoms with Crippen LogP contribution in [0.4, 0.5) is 0 Å². The normalized spacial score (nSPS) is 11.8. The minimum absolute atomic E-state index is 0.0647. The number of fused-ring (bicyclic) bond motifs is 2. The Labute approximate surface area is 139 Å². The number of hydrogen-bond acceptors (Lipinski definition) is 3. The predicted molar refractivity (Wildman–Crippen MR) is 94.1 cm³/mol. The lowest BCUT2D eigenvalue weighted by Crippen LogP contribution is -2.18. The lowest BCUT2D eigenvalue weighted by molar-refractivity contribution is 0.0696. The molecule has 2 aromatic heterocycles. The number of aromatic nitrogens is 2. The van der Waals surface area contributed by atoms with E-state index in [0.29, 0.717) is 16.6 Å². The lowest BCUT2D eigenvalue weighted by atomic mass is 9.93. The summed E-state index contributed by atoms with van der Waals surface area (Å²) in [4.78, 5) is 28.7. The largest absolute Gasteiger partial charge is 0.478 e. The Kier molecular flexibility index (Phi) is 3.87. The first-order chi connectivity index (χ1) is 11.3. The van der Waals surface area contributed by atoms with Crippen LogP contribution in [0.5, 0.6) is 0 Å². The van der Waals surface area contributed by atoms with E-state index in [-0.39, 0.29) is 23.0 Å².